The monoisotopic (exact) mass is 410 g/mol. The molecule has 3 rings (SSSR count). The zero-order valence-electron chi connectivity index (χ0n) is 19.4. The zero-order chi connectivity index (χ0) is 21.7. The van der Waals surface area contributed by atoms with Crippen LogP contribution in [0.1, 0.15) is 48.5 Å². The number of hydrogen-bond acceptors (Lipinski definition) is 3. The molecular weight excluding hydrogens is 375 g/mol. The molecule has 0 spiro atoms. The van der Waals surface area contributed by atoms with E-state index in [2.05, 4.69) is 110 Å². The van der Waals surface area contributed by atoms with E-state index in [0.29, 0.717) is 0 Å². The first-order valence-corrected chi connectivity index (χ1v) is 13.4. The van der Waals surface area contributed by atoms with Crippen LogP contribution in [0.2, 0.25) is 18.1 Å². The highest BCUT2D eigenvalue weighted by Gasteiger charge is 2.51. The molecule has 0 bridgehead atoms. The lowest BCUT2D eigenvalue weighted by atomic mass is 9.78. The van der Waals surface area contributed by atoms with Gasteiger partial charge in [0.1, 0.15) is 5.75 Å². The van der Waals surface area contributed by atoms with Crippen LogP contribution in [0.3, 0.4) is 0 Å². The van der Waals surface area contributed by atoms with Crippen molar-refractivity contribution in [1.82, 2.24) is 0 Å². The van der Waals surface area contributed by atoms with Gasteiger partial charge in [0.15, 0.2) is 0 Å². The third kappa shape index (κ3) is 4.47. The Morgan fingerprint density at radius 2 is 1.17 bits per heavy atom. The average molecular weight is 410 g/mol. The van der Waals surface area contributed by atoms with E-state index >= 15 is 0 Å². The van der Waals surface area contributed by atoms with Crippen LogP contribution in [-0.2, 0) is 9.31 Å². The summed E-state index contributed by atoms with van der Waals surface area (Å²) in [4.78, 5) is 0. The number of rotatable bonds is 4. The first-order valence-electron chi connectivity index (χ1n) is 10.5. The van der Waals surface area contributed by atoms with Crippen molar-refractivity contribution < 1.29 is 13.7 Å². The van der Waals surface area contributed by atoms with E-state index in [1.807, 2.05) is 0 Å². The first-order chi connectivity index (χ1) is 13.2. The summed E-state index contributed by atoms with van der Waals surface area (Å²) in [7, 11) is -2.14. The molecule has 0 atom stereocenters. The topological polar surface area (TPSA) is 27.7 Å². The molecule has 29 heavy (non-hydrogen) atoms. The molecule has 2 aromatic carbocycles. The molecule has 0 N–H and O–H groups in total. The summed E-state index contributed by atoms with van der Waals surface area (Å²) in [5, 5.41) is 0.189. The molecule has 5 heteroatoms. The van der Waals surface area contributed by atoms with Gasteiger partial charge in [-0.1, -0.05) is 57.2 Å². The van der Waals surface area contributed by atoms with E-state index in [1.165, 1.54) is 11.1 Å². The molecule has 156 valence electrons. The van der Waals surface area contributed by atoms with Gasteiger partial charge in [0, 0.05) is 0 Å². The van der Waals surface area contributed by atoms with Gasteiger partial charge >= 0.3 is 7.12 Å². The summed E-state index contributed by atoms with van der Waals surface area (Å²) in [5.74, 6) is 0.953. The summed E-state index contributed by atoms with van der Waals surface area (Å²) >= 11 is 0. The number of hydrogen-bond donors (Lipinski definition) is 0. The van der Waals surface area contributed by atoms with Crippen LogP contribution in [0.25, 0.3) is 11.1 Å². The average Bonchev–Trinajstić information content (AvgIpc) is 2.82. The summed E-state index contributed by atoms with van der Waals surface area (Å²) in [6.45, 7) is 19.6. The number of benzene rings is 2. The second kappa shape index (κ2) is 7.29. The van der Waals surface area contributed by atoms with Crippen molar-refractivity contribution in [3.05, 3.63) is 48.5 Å². The van der Waals surface area contributed by atoms with Gasteiger partial charge in [0.25, 0.3) is 0 Å². The lowest BCUT2D eigenvalue weighted by molar-refractivity contribution is 0.00578. The summed E-state index contributed by atoms with van der Waals surface area (Å²) in [6.07, 6.45) is 0. The Hall–Kier alpha value is -1.56. The zero-order valence-corrected chi connectivity index (χ0v) is 20.4. The van der Waals surface area contributed by atoms with E-state index in [4.69, 9.17) is 13.7 Å². The fourth-order valence-electron chi connectivity index (χ4n) is 2.97. The normalized spacial score (nSPS) is 18.7. The smallest absolute Gasteiger partial charge is 0.494 e. The van der Waals surface area contributed by atoms with Gasteiger partial charge in [-0.25, -0.2) is 0 Å². The molecule has 0 radical (unpaired) electrons. The van der Waals surface area contributed by atoms with Crippen molar-refractivity contribution in [1.29, 1.82) is 0 Å². The molecule has 1 aliphatic heterocycles. The first kappa shape index (κ1) is 22.1. The predicted molar refractivity (Wildman–Crippen MR) is 125 cm³/mol. The lowest BCUT2D eigenvalue weighted by Gasteiger charge is -2.36. The van der Waals surface area contributed by atoms with Gasteiger partial charge in [-0.05, 0) is 74.5 Å². The van der Waals surface area contributed by atoms with Crippen LogP contribution >= 0.6 is 0 Å². The standard InChI is InChI=1S/C24H35BO3Si/c1-22(2,3)29(8,9)26-21-16-12-19(13-17-21)18-10-14-20(15-11-18)25-27-23(4,5)24(6,7)28-25/h10-17H,1-9H3. The summed E-state index contributed by atoms with van der Waals surface area (Å²) in [6, 6.07) is 16.9. The minimum atomic E-state index is -1.82. The Morgan fingerprint density at radius 3 is 1.59 bits per heavy atom. The maximum atomic E-state index is 6.39. The maximum absolute atomic E-state index is 6.39. The van der Waals surface area contributed by atoms with Crippen molar-refractivity contribution in [2.24, 2.45) is 0 Å². The fraction of sp³-hybridized carbons (Fsp3) is 0.500. The van der Waals surface area contributed by atoms with Gasteiger partial charge in [-0.2, -0.15) is 0 Å². The van der Waals surface area contributed by atoms with E-state index in [9.17, 15) is 0 Å². The van der Waals surface area contributed by atoms with Crippen molar-refractivity contribution in [2.45, 2.75) is 77.8 Å². The van der Waals surface area contributed by atoms with Gasteiger partial charge in [0.2, 0.25) is 8.32 Å². The second-order valence-corrected chi connectivity index (χ2v) is 15.3. The SMILES string of the molecule is CC1(C)OB(c2ccc(-c3ccc(O[Si](C)(C)C(C)(C)C)cc3)cc2)OC1(C)C. The lowest BCUT2D eigenvalue weighted by Crippen LogP contribution is -2.43. The van der Waals surface area contributed by atoms with E-state index < -0.39 is 8.32 Å². The molecule has 1 fully saturated rings. The largest absolute Gasteiger partial charge is 0.544 e. The molecule has 0 aromatic heterocycles. The third-order valence-corrected chi connectivity index (χ3v) is 11.2. The minimum absolute atomic E-state index is 0.189. The molecule has 0 saturated carbocycles. The summed E-state index contributed by atoms with van der Waals surface area (Å²) in [5.41, 5.74) is 2.74. The second-order valence-electron chi connectivity index (χ2n) is 10.6. The van der Waals surface area contributed by atoms with Crippen molar-refractivity contribution >= 4 is 20.9 Å². The molecule has 2 aromatic rings. The van der Waals surface area contributed by atoms with Crippen molar-refractivity contribution in [2.75, 3.05) is 0 Å². The molecule has 0 amide bonds. The van der Waals surface area contributed by atoms with Crippen molar-refractivity contribution in [3.8, 4) is 16.9 Å². The Kier molecular flexibility index (Phi) is 5.57. The predicted octanol–water partition coefficient (Wildman–Crippen LogP) is 6.04. The molecule has 1 heterocycles. The third-order valence-electron chi connectivity index (χ3n) is 6.80. The van der Waals surface area contributed by atoms with E-state index in [0.717, 1.165) is 11.2 Å². The Bertz CT molecular complexity index is 833. The quantitative estimate of drug-likeness (QED) is 0.576. The Morgan fingerprint density at radius 1 is 0.759 bits per heavy atom. The molecule has 0 aliphatic carbocycles. The van der Waals surface area contributed by atoms with Crippen LogP contribution in [0.15, 0.2) is 48.5 Å². The fourth-order valence-corrected chi connectivity index (χ4v) is 4.01. The molecule has 0 unspecified atom stereocenters. The molecule has 3 nitrogen and oxygen atoms in total. The Balaban J connectivity index is 1.73. The van der Waals surface area contributed by atoms with Crippen LogP contribution in [0, 0.1) is 0 Å². The van der Waals surface area contributed by atoms with Crippen molar-refractivity contribution in [3.63, 3.8) is 0 Å². The van der Waals surface area contributed by atoms with E-state index in [-0.39, 0.29) is 23.4 Å². The highest BCUT2D eigenvalue weighted by atomic mass is 28.4. The van der Waals surface area contributed by atoms with Crippen LogP contribution in [0.4, 0.5) is 0 Å². The van der Waals surface area contributed by atoms with E-state index in [1.54, 1.807) is 0 Å². The van der Waals surface area contributed by atoms with Crippen LogP contribution in [-0.4, -0.2) is 26.6 Å². The van der Waals surface area contributed by atoms with Gasteiger partial charge in [0.05, 0.1) is 11.2 Å². The highest BCUT2D eigenvalue weighted by molar-refractivity contribution is 6.74. The minimum Gasteiger partial charge on any atom is -0.544 e. The van der Waals surface area contributed by atoms with Crippen LogP contribution in [0.5, 0.6) is 5.75 Å². The molecular formula is C24H35BO3Si. The highest BCUT2D eigenvalue weighted by Crippen LogP contribution is 2.38. The molecule has 1 saturated heterocycles. The maximum Gasteiger partial charge on any atom is 0.494 e. The van der Waals surface area contributed by atoms with Gasteiger partial charge in [-0.15, -0.1) is 0 Å². The van der Waals surface area contributed by atoms with Gasteiger partial charge in [-0.3, -0.25) is 0 Å². The van der Waals surface area contributed by atoms with Crippen LogP contribution < -0.4 is 9.89 Å². The Labute approximate surface area is 178 Å². The summed E-state index contributed by atoms with van der Waals surface area (Å²) < 4.78 is 18.7. The van der Waals surface area contributed by atoms with Gasteiger partial charge < -0.3 is 13.7 Å². The molecule has 1 aliphatic rings.